The van der Waals surface area contributed by atoms with Crippen LogP contribution in [0.25, 0.3) is 0 Å². The number of hydrogen-bond acceptors (Lipinski definition) is 3. The summed E-state index contributed by atoms with van der Waals surface area (Å²) in [4.78, 5) is 35.3. The molecule has 0 aromatic heterocycles. The number of carbonyl (C=O) groups excluding carboxylic acids is 2. The summed E-state index contributed by atoms with van der Waals surface area (Å²) in [7, 11) is 0. The van der Waals surface area contributed by atoms with Crippen molar-refractivity contribution in [3.05, 3.63) is 34.9 Å². The molecular weight excluding hydrogens is 272 g/mol. The highest BCUT2D eigenvalue weighted by molar-refractivity contribution is 6.21. The fourth-order valence-corrected chi connectivity index (χ4v) is 2.12. The molecule has 0 saturated carbocycles. The van der Waals surface area contributed by atoms with Crippen LogP contribution in [0.3, 0.4) is 0 Å². The van der Waals surface area contributed by atoms with E-state index < -0.39 is 35.3 Å². The molecule has 1 aliphatic rings. The van der Waals surface area contributed by atoms with Crippen LogP contribution in [0, 0.1) is 17.6 Å². The van der Waals surface area contributed by atoms with Gasteiger partial charge in [0.15, 0.2) is 11.6 Å². The number of aliphatic carboxylic acids is 1. The first-order valence-electron chi connectivity index (χ1n) is 5.88. The summed E-state index contributed by atoms with van der Waals surface area (Å²) in [5.74, 6) is -5.38. The lowest BCUT2D eigenvalue weighted by atomic mass is 10.1. The molecule has 1 aromatic carbocycles. The SMILES string of the molecule is CC(CC(=O)O)CN1C(=O)c2cc(F)c(F)cc2C1=O. The predicted octanol–water partition coefficient (Wildman–Crippen LogP) is 1.67. The lowest BCUT2D eigenvalue weighted by Crippen LogP contribution is -2.34. The summed E-state index contributed by atoms with van der Waals surface area (Å²) in [6.45, 7) is 1.46. The van der Waals surface area contributed by atoms with Crippen molar-refractivity contribution in [3.63, 3.8) is 0 Å². The van der Waals surface area contributed by atoms with Crippen molar-refractivity contribution in [2.24, 2.45) is 5.92 Å². The third-order valence-corrected chi connectivity index (χ3v) is 3.03. The van der Waals surface area contributed by atoms with Gasteiger partial charge in [0.1, 0.15) is 0 Å². The Labute approximate surface area is 112 Å². The number of nitrogens with zero attached hydrogens (tertiary/aromatic N) is 1. The van der Waals surface area contributed by atoms with Crippen LogP contribution in [0.15, 0.2) is 12.1 Å². The second-order valence-electron chi connectivity index (χ2n) is 4.74. The molecule has 0 radical (unpaired) electrons. The van der Waals surface area contributed by atoms with Gasteiger partial charge in [0.2, 0.25) is 0 Å². The van der Waals surface area contributed by atoms with Crippen LogP contribution in [-0.4, -0.2) is 34.3 Å². The molecule has 1 aliphatic heterocycles. The molecule has 1 heterocycles. The van der Waals surface area contributed by atoms with Crippen LogP contribution in [0.2, 0.25) is 0 Å². The second kappa shape index (κ2) is 4.99. The van der Waals surface area contributed by atoms with Gasteiger partial charge in [0, 0.05) is 13.0 Å². The zero-order chi connectivity index (χ0) is 15.0. The van der Waals surface area contributed by atoms with E-state index in [1.807, 2.05) is 0 Å². The Hall–Kier alpha value is -2.31. The van der Waals surface area contributed by atoms with Gasteiger partial charge in [0.25, 0.3) is 11.8 Å². The van der Waals surface area contributed by atoms with Crippen LogP contribution in [0.5, 0.6) is 0 Å². The summed E-state index contributed by atoms with van der Waals surface area (Å²) in [5.41, 5.74) is -0.396. The minimum Gasteiger partial charge on any atom is -0.481 e. The molecule has 1 aromatic rings. The zero-order valence-corrected chi connectivity index (χ0v) is 10.5. The molecule has 0 saturated heterocycles. The molecule has 106 valence electrons. The van der Waals surface area contributed by atoms with Gasteiger partial charge in [-0.3, -0.25) is 19.3 Å². The van der Waals surface area contributed by atoms with E-state index in [4.69, 9.17) is 5.11 Å². The van der Waals surface area contributed by atoms with E-state index in [1.54, 1.807) is 6.92 Å². The standard InChI is InChI=1S/C13H11F2NO4/c1-6(2-11(17)18)5-16-12(19)7-3-9(14)10(15)4-8(7)13(16)20/h3-4,6H,2,5H2,1H3,(H,17,18). The van der Waals surface area contributed by atoms with E-state index in [9.17, 15) is 23.2 Å². The molecule has 5 nitrogen and oxygen atoms in total. The molecule has 1 unspecified atom stereocenters. The fraction of sp³-hybridized carbons (Fsp3) is 0.308. The Balaban J connectivity index is 2.26. The number of hydrogen-bond donors (Lipinski definition) is 1. The second-order valence-corrected chi connectivity index (χ2v) is 4.74. The number of halogens is 2. The van der Waals surface area contributed by atoms with Gasteiger partial charge in [0.05, 0.1) is 11.1 Å². The van der Waals surface area contributed by atoms with Gasteiger partial charge >= 0.3 is 5.97 Å². The molecule has 2 rings (SSSR count). The number of fused-ring (bicyclic) bond motifs is 1. The lowest BCUT2D eigenvalue weighted by Gasteiger charge is -2.17. The summed E-state index contributed by atoms with van der Waals surface area (Å²) in [5, 5.41) is 8.65. The lowest BCUT2D eigenvalue weighted by molar-refractivity contribution is -0.138. The Morgan fingerprint density at radius 2 is 1.65 bits per heavy atom. The van der Waals surface area contributed by atoms with Crippen molar-refractivity contribution in [2.45, 2.75) is 13.3 Å². The highest BCUT2D eigenvalue weighted by Crippen LogP contribution is 2.26. The van der Waals surface area contributed by atoms with Crippen LogP contribution >= 0.6 is 0 Å². The fourth-order valence-electron chi connectivity index (χ4n) is 2.12. The number of imide groups is 1. The van der Waals surface area contributed by atoms with Gasteiger partial charge in [-0.25, -0.2) is 8.78 Å². The number of carboxylic acid groups (broad SMARTS) is 1. The summed E-state index contributed by atoms with van der Waals surface area (Å²) in [6.07, 6.45) is -0.212. The predicted molar refractivity (Wildman–Crippen MR) is 63.1 cm³/mol. The number of amides is 2. The summed E-state index contributed by atoms with van der Waals surface area (Å²) < 4.78 is 26.2. The maximum Gasteiger partial charge on any atom is 0.303 e. The average molecular weight is 283 g/mol. The van der Waals surface area contributed by atoms with Gasteiger partial charge in [-0.2, -0.15) is 0 Å². The van der Waals surface area contributed by atoms with Crippen LogP contribution in [0.1, 0.15) is 34.1 Å². The van der Waals surface area contributed by atoms with Gasteiger partial charge in [-0.15, -0.1) is 0 Å². The van der Waals surface area contributed by atoms with Gasteiger partial charge in [-0.1, -0.05) is 6.92 Å². The maximum atomic E-state index is 13.1. The number of carbonyl (C=O) groups is 3. The molecule has 0 fully saturated rings. The van der Waals surface area contributed by atoms with E-state index in [0.29, 0.717) is 12.1 Å². The third kappa shape index (κ3) is 2.38. The molecule has 1 N–H and O–H groups in total. The first-order chi connectivity index (χ1) is 9.31. The van der Waals surface area contributed by atoms with Crippen molar-refractivity contribution in [2.75, 3.05) is 6.54 Å². The highest BCUT2D eigenvalue weighted by Gasteiger charge is 2.37. The molecule has 7 heteroatoms. The van der Waals surface area contributed by atoms with Gasteiger partial charge in [-0.05, 0) is 18.1 Å². The molecule has 0 aliphatic carbocycles. The largest absolute Gasteiger partial charge is 0.481 e. The summed E-state index contributed by atoms with van der Waals surface area (Å²) >= 11 is 0. The van der Waals surface area contributed by atoms with E-state index >= 15 is 0 Å². The Morgan fingerprint density at radius 3 is 2.05 bits per heavy atom. The van der Waals surface area contributed by atoms with E-state index in [1.165, 1.54) is 0 Å². The van der Waals surface area contributed by atoms with Crippen molar-refractivity contribution < 1.29 is 28.3 Å². The molecule has 0 spiro atoms. The molecule has 2 amide bonds. The number of rotatable bonds is 4. The average Bonchev–Trinajstić information content (AvgIpc) is 2.55. The quantitative estimate of drug-likeness (QED) is 0.853. The van der Waals surface area contributed by atoms with Crippen LogP contribution < -0.4 is 0 Å². The van der Waals surface area contributed by atoms with Crippen molar-refractivity contribution in [3.8, 4) is 0 Å². The maximum absolute atomic E-state index is 13.1. The Kier molecular flexibility index (Phi) is 3.52. The molecule has 20 heavy (non-hydrogen) atoms. The van der Waals surface area contributed by atoms with E-state index in [-0.39, 0.29) is 24.1 Å². The van der Waals surface area contributed by atoms with Crippen molar-refractivity contribution in [1.82, 2.24) is 4.90 Å². The van der Waals surface area contributed by atoms with Crippen molar-refractivity contribution in [1.29, 1.82) is 0 Å². The van der Waals surface area contributed by atoms with E-state index in [2.05, 4.69) is 0 Å². The minimum atomic E-state index is -1.20. The molecule has 0 bridgehead atoms. The first kappa shape index (κ1) is 14.1. The van der Waals surface area contributed by atoms with Gasteiger partial charge < -0.3 is 5.11 Å². The topological polar surface area (TPSA) is 74.7 Å². The number of benzene rings is 1. The minimum absolute atomic E-state index is 0.109. The summed E-state index contributed by atoms with van der Waals surface area (Å²) in [6, 6.07) is 1.37. The zero-order valence-electron chi connectivity index (χ0n) is 10.5. The molecule has 1 atom stereocenters. The van der Waals surface area contributed by atoms with Crippen LogP contribution in [0.4, 0.5) is 8.78 Å². The first-order valence-corrected chi connectivity index (χ1v) is 5.88. The monoisotopic (exact) mass is 283 g/mol. The Bertz CT molecular complexity index is 574. The van der Waals surface area contributed by atoms with Crippen molar-refractivity contribution >= 4 is 17.8 Å². The van der Waals surface area contributed by atoms with E-state index in [0.717, 1.165) is 4.90 Å². The highest BCUT2D eigenvalue weighted by atomic mass is 19.2. The third-order valence-electron chi connectivity index (χ3n) is 3.03. The number of carboxylic acids is 1. The Morgan fingerprint density at radius 1 is 1.20 bits per heavy atom. The molecular formula is C13H11F2NO4. The normalized spacial score (nSPS) is 15.4. The smallest absolute Gasteiger partial charge is 0.303 e. The van der Waals surface area contributed by atoms with Crippen LogP contribution in [-0.2, 0) is 4.79 Å².